The zero-order valence-electron chi connectivity index (χ0n) is 20.2. The molecule has 0 aromatic carbocycles. The number of carbonyl (C=O) groups excluding carboxylic acids is 1. The topological polar surface area (TPSA) is 111 Å². The van der Waals surface area contributed by atoms with Crippen LogP contribution in [0, 0.1) is 10.8 Å². The minimum absolute atomic E-state index is 0.0852. The number of aromatic nitrogens is 2. The molecule has 1 aromatic rings. The Bertz CT molecular complexity index is 713. The van der Waals surface area contributed by atoms with Crippen LogP contribution >= 0.6 is 0 Å². The van der Waals surface area contributed by atoms with E-state index < -0.39 is 5.97 Å². The van der Waals surface area contributed by atoms with Crippen LogP contribution < -0.4 is 10.4 Å². The number of aliphatic carboxylic acids is 1. The Balaban J connectivity index is 1.56. The average molecular weight is 449 g/mol. The van der Waals surface area contributed by atoms with Crippen molar-refractivity contribution in [1.29, 1.82) is 0 Å². The Kier molecular flexibility index (Phi) is 8.73. The first kappa shape index (κ1) is 25.2. The van der Waals surface area contributed by atoms with Gasteiger partial charge in [-0.3, -0.25) is 0 Å². The first-order chi connectivity index (χ1) is 15.2. The number of nitrogens with zero attached hydrogens (tertiary/aromatic N) is 2. The van der Waals surface area contributed by atoms with Gasteiger partial charge in [-0.05, 0) is 68.6 Å². The van der Waals surface area contributed by atoms with Crippen LogP contribution in [0.5, 0.6) is 0 Å². The molecule has 0 amide bonds. The molecule has 0 spiro atoms. The number of carbonyl (C=O) groups is 1. The van der Waals surface area contributed by atoms with Crippen molar-refractivity contribution in [2.75, 3.05) is 0 Å². The first-order valence-corrected chi connectivity index (χ1v) is 12.6. The summed E-state index contributed by atoms with van der Waals surface area (Å²) >= 11 is 0. The molecule has 1 unspecified atom stereocenters. The highest BCUT2D eigenvalue weighted by Crippen LogP contribution is 2.53. The predicted molar refractivity (Wildman–Crippen MR) is 121 cm³/mol. The van der Waals surface area contributed by atoms with Gasteiger partial charge in [0, 0.05) is 17.9 Å². The minimum Gasteiger partial charge on any atom is -0.550 e. The Labute approximate surface area is 192 Å². The molecule has 2 aliphatic rings. The van der Waals surface area contributed by atoms with Gasteiger partial charge in [0.15, 0.2) is 5.82 Å². The zero-order chi connectivity index (χ0) is 23.2. The fourth-order valence-electron chi connectivity index (χ4n) is 5.83. The van der Waals surface area contributed by atoms with Crippen LogP contribution in [0.1, 0.15) is 122 Å². The Morgan fingerprint density at radius 3 is 2.53 bits per heavy atom. The molecular formula is C25H42N3O4-. The van der Waals surface area contributed by atoms with Gasteiger partial charge in [0.25, 0.3) is 0 Å². The number of carboxylic acids is 1. The lowest BCUT2D eigenvalue weighted by Gasteiger charge is -2.48. The van der Waals surface area contributed by atoms with Crippen LogP contribution in [0.15, 0.2) is 4.52 Å². The lowest BCUT2D eigenvalue weighted by atomic mass is 9.57. The van der Waals surface area contributed by atoms with E-state index in [1.165, 1.54) is 32.1 Å². The van der Waals surface area contributed by atoms with Crippen molar-refractivity contribution in [3.05, 3.63) is 11.7 Å². The Morgan fingerprint density at radius 2 is 1.91 bits per heavy atom. The third kappa shape index (κ3) is 6.77. The van der Waals surface area contributed by atoms with Crippen LogP contribution in [-0.4, -0.2) is 33.4 Å². The van der Waals surface area contributed by atoms with Crippen LogP contribution in [0.4, 0.5) is 0 Å². The van der Waals surface area contributed by atoms with Crippen LogP contribution in [0.2, 0.25) is 0 Å². The molecule has 2 saturated carbocycles. The summed E-state index contributed by atoms with van der Waals surface area (Å²) < 4.78 is 5.49. The number of aliphatic hydroxyl groups is 1. The summed E-state index contributed by atoms with van der Waals surface area (Å²) in [6.45, 7) is 7.54. The van der Waals surface area contributed by atoms with Crippen LogP contribution in [0.3, 0.4) is 0 Å². The number of carboxylic acid groups (broad SMARTS) is 1. The maximum absolute atomic E-state index is 11.4. The number of hydrogen-bond acceptors (Lipinski definition) is 7. The normalized spacial score (nSPS) is 24.9. The zero-order valence-corrected chi connectivity index (χ0v) is 20.2. The lowest BCUT2D eigenvalue weighted by molar-refractivity contribution is -0.306. The van der Waals surface area contributed by atoms with Gasteiger partial charge in [-0.25, -0.2) is 0 Å². The van der Waals surface area contributed by atoms with E-state index in [2.05, 4.69) is 36.2 Å². The molecule has 0 aliphatic heterocycles. The van der Waals surface area contributed by atoms with Crippen molar-refractivity contribution in [3.8, 4) is 0 Å². The van der Waals surface area contributed by atoms with Crippen molar-refractivity contribution in [3.63, 3.8) is 0 Å². The second-order valence-corrected chi connectivity index (χ2v) is 11.2. The highest BCUT2D eigenvalue weighted by molar-refractivity contribution is 5.65. The highest BCUT2D eigenvalue weighted by atomic mass is 16.5. The quantitative estimate of drug-likeness (QED) is 0.559. The highest BCUT2D eigenvalue weighted by Gasteiger charge is 2.41. The van der Waals surface area contributed by atoms with Gasteiger partial charge in [-0.1, -0.05) is 51.6 Å². The fraction of sp³-hybridized carbons (Fsp3) is 0.880. The molecule has 7 nitrogen and oxygen atoms in total. The summed E-state index contributed by atoms with van der Waals surface area (Å²) in [6, 6.07) is 0.350. The summed E-state index contributed by atoms with van der Waals surface area (Å²) in [4.78, 5) is 15.9. The largest absolute Gasteiger partial charge is 0.550 e. The van der Waals surface area contributed by atoms with Gasteiger partial charge < -0.3 is 24.8 Å². The maximum atomic E-state index is 11.4. The predicted octanol–water partition coefficient (Wildman–Crippen LogP) is 3.85. The van der Waals surface area contributed by atoms with E-state index in [9.17, 15) is 15.0 Å². The number of rotatable bonds is 10. The second-order valence-electron chi connectivity index (χ2n) is 11.2. The molecule has 0 bridgehead atoms. The van der Waals surface area contributed by atoms with E-state index in [-0.39, 0.29) is 23.9 Å². The van der Waals surface area contributed by atoms with Gasteiger partial charge >= 0.3 is 0 Å². The minimum atomic E-state index is -1.07. The van der Waals surface area contributed by atoms with E-state index >= 15 is 0 Å². The van der Waals surface area contributed by atoms with Crippen LogP contribution in [-0.2, 0) is 11.3 Å². The van der Waals surface area contributed by atoms with E-state index in [0.717, 1.165) is 44.9 Å². The van der Waals surface area contributed by atoms with E-state index in [4.69, 9.17) is 4.52 Å². The molecule has 32 heavy (non-hydrogen) atoms. The van der Waals surface area contributed by atoms with Crippen LogP contribution in [0.25, 0.3) is 0 Å². The molecule has 2 N–H and O–H groups in total. The maximum Gasteiger partial charge on any atom is 0.230 e. The number of aliphatic hydroxyl groups excluding tert-OH is 1. The van der Waals surface area contributed by atoms with E-state index in [0.29, 0.717) is 29.7 Å². The van der Waals surface area contributed by atoms with Gasteiger partial charge in [0.05, 0.1) is 12.6 Å². The summed E-state index contributed by atoms with van der Waals surface area (Å²) in [6.07, 6.45) is 12.5. The van der Waals surface area contributed by atoms with E-state index in [1.807, 2.05) is 0 Å². The second kappa shape index (κ2) is 11.1. The summed E-state index contributed by atoms with van der Waals surface area (Å²) in [5.74, 6) is -0.394. The van der Waals surface area contributed by atoms with Gasteiger partial charge in [0.2, 0.25) is 5.89 Å². The monoisotopic (exact) mass is 448 g/mol. The standard InChI is InChI=1S/C25H43N3O4/c1-24(2,3)25(13-5-4-6-14-25)15-7-8-18(16-22(30)31)23-27-21(28-32-23)17-26-19-9-11-20(29)12-10-19/h18-20,26,29H,4-17H2,1-3H3,(H,30,31)/p-1. The molecule has 3 rings (SSSR count). The molecule has 7 heteroatoms. The summed E-state index contributed by atoms with van der Waals surface area (Å²) in [7, 11) is 0. The molecule has 2 aliphatic carbocycles. The Morgan fingerprint density at radius 1 is 1.22 bits per heavy atom. The Hall–Kier alpha value is -1.47. The SMILES string of the molecule is CC(C)(C)C1(CCCC(CC(=O)[O-])c2nc(CNC3CCC(O)CC3)no2)CCCCC1. The molecule has 182 valence electrons. The van der Waals surface area contributed by atoms with Crippen molar-refractivity contribution in [2.45, 2.75) is 129 Å². The van der Waals surface area contributed by atoms with Gasteiger partial charge in [0.1, 0.15) is 0 Å². The van der Waals surface area contributed by atoms with Crippen molar-refractivity contribution < 1.29 is 19.5 Å². The molecule has 0 radical (unpaired) electrons. The first-order valence-electron chi connectivity index (χ1n) is 12.6. The molecule has 1 heterocycles. The van der Waals surface area contributed by atoms with Gasteiger partial charge in [-0.15, -0.1) is 0 Å². The molecule has 2 fully saturated rings. The fourth-order valence-corrected chi connectivity index (χ4v) is 5.83. The van der Waals surface area contributed by atoms with Crippen molar-refractivity contribution >= 4 is 5.97 Å². The third-order valence-corrected chi connectivity index (χ3v) is 8.10. The summed E-state index contributed by atoms with van der Waals surface area (Å²) in [5.41, 5.74) is 0.574. The molecule has 1 aromatic heterocycles. The average Bonchev–Trinajstić information content (AvgIpc) is 3.21. The molecule has 1 atom stereocenters. The van der Waals surface area contributed by atoms with E-state index in [1.54, 1.807) is 0 Å². The third-order valence-electron chi connectivity index (χ3n) is 8.10. The van der Waals surface area contributed by atoms with Gasteiger partial charge in [-0.2, -0.15) is 4.98 Å². The molecular weight excluding hydrogens is 406 g/mol. The van der Waals surface area contributed by atoms with Crippen molar-refractivity contribution in [1.82, 2.24) is 15.5 Å². The van der Waals surface area contributed by atoms with Crippen molar-refractivity contribution in [2.24, 2.45) is 10.8 Å². The molecule has 0 saturated heterocycles. The smallest absolute Gasteiger partial charge is 0.230 e. The summed E-state index contributed by atoms with van der Waals surface area (Å²) in [5, 5.41) is 28.6. The number of hydrogen-bond donors (Lipinski definition) is 2. The number of nitrogens with one attached hydrogen (secondary N) is 1. The lowest BCUT2D eigenvalue weighted by Crippen LogP contribution is -2.37.